The molecule has 1 saturated heterocycles. The highest BCUT2D eigenvalue weighted by Crippen LogP contribution is 2.72. The number of aliphatic hydroxyl groups is 1. The second-order valence-corrected chi connectivity index (χ2v) is 12.6. The van der Waals surface area contributed by atoms with E-state index in [1.54, 1.807) is 0 Å². The van der Waals surface area contributed by atoms with E-state index in [1.165, 1.54) is 12.0 Å². The highest BCUT2D eigenvalue weighted by molar-refractivity contribution is 6.01. The molecular formula is C28H42O4. The van der Waals surface area contributed by atoms with E-state index in [4.69, 9.17) is 9.78 Å². The van der Waals surface area contributed by atoms with Crippen molar-refractivity contribution >= 4 is 5.78 Å². The zero-order valence-electron chi connectivity index (χ0n) is 20.8. The van der Waals surface area contributed by atoms with E-state index in [9.17, 15) is 9.90 Å². The highest BCUT2D eigenvalue weighted by Gasteiger charge is 2.78. The van der Waals surface area contributed by atoms with Gasteiger partial charge in [-0.25, -0.2) is 9.78 Å². The molecule has 3 saturated carbocycles. The predicted molar refractivity (Wildman–Crippen MR) is 125 cm³/mol. The molecule has 0 radical (unpaired) electrons. The van der Waals surface area contributed by atoms with Crippen LogP contribution in [-0.4, -0.2) is 28.2 Å². The summed E-state index contributed by atoms with van der Waals surface area (Å²) in [6.45, 7) is 13.9. The molecule has 9 unspecified atom stereocenters. The first kappa shape index (κ1) is 22.8. The van der Waals surface area contributed by atoms with Gasteiger partial charge in [0.1, 0.15) is 5.60 Å². The number of ketones is 1. The second-order valence-electron chi connectivity index (χ2n) is 12.6. The molecule has 4 heteroatoms. The molecule has 1 aliphatic heterocycles. The molecule has 0 amide bonds. The van der Waals surface area contributed by atoms with Gasteiger partial charge in [0.15, 0.2) is 11.4 Å². The van der Waals surface area contributed by atoms with Crippen molar-refractivity contribution in [2.45, 2.75) is 104 Å². The maximum absolute atomic E-state index is 13.6. The molecule has 1 spiro atoms. The minimum atomic E-state index is -1.01. The predicted octanol–water partition coefficient (Wildman–Crippen LogP) is 5.80. The molecule has 4 nitrogen and oxygen atoms in total. The molecule has 0 aromatic rings. The molecule has 4 fully saturated rings. The van der Waals surface area contributed by atoms with E-state index in [0.29, 0.717) is 42.4 Å². The maximum atomic E-state index is 13.6. The minimum absolute atomic E-state index is 0.0216. The highest BCUT2D eigenvalue weighted by atomic mass is 17.2. The van der Waals surface area contributed by atoms with Gasteiger partial charge in [-0.2, -0.15) is 0 Å². The Hall–Kier alpha value is -0.970. The number of aliphatic hydroxyl groups excluding tert-OH is 1. The van der Waals surface area contributed by atoms with Crippen molar-refractivity contribution in [2.75, 3.05) is 0 Å². The molecular weight excluding hydrogens is 400 g/mol. The molecule has 1 N–H and O–H groups in total. The Morgan fingerprint density at radius 1 is 1.00 bits per heavy atom. The monoisotopic (exact) mass is 442 g/mol. The number of hydrogen-bond acceptors (Lipinski definition) is 4. The minimum Gasteiger partial charge on any atom is -0.393 e. The number of carbonyl (C=O) groups excluding carboxylic acids is 1. The van der Waals surface area contributed by atoms with E-state index < -0.39 is 22.7 Å². The summed E-state index contributed by atoms with van der Waals surface area (Å²) >= 11 is 0. The van der Waals surface area contributed by atoms with Gasteiger partial charge in [-0.1, -0.05) is 53.7 Å². The summed E-state index contributed by atoms with van der Waals surface area (Å²) in [7, 11) is 0. The number of allylic oxidation sites excluding steroid dienone is 2. The molecule has 9 atom stereocenters. The van der Waals surface area contributed by atoms with Crippen LogP contribution in [-0.2, 0) is 14.6 Å². The molecule has 5 rings (SSSR count). The SMILES string of the molecule is CC(C)C(C)C=CC(C)C1CCC2C3=CC(=O)C45CC(O)CCC4(C)C3(CCC21C)OO5. The lowest BCUT2D eigenvalue weighted by Crippen LogP contribution is -2.66. The Bertz CT molecular complexity index is 859. The topological polar surface area (TPSA) is 55.8 Å². The van der Waals surface area contributed by atoms with Crippen LogP contribution in [0.2, 0.25) is 0 Å². The first-order valence-corrected chi connectivity index (χ1v) is 13.0. The number of carbonyl (C=O) groups is 1. The third kappa shape index (κ3) is 2.69. The van der Waals surface area contributed by atoms with Crippen molar-refractivity contribution in [1.82, 2.24) is 0 Å². The Balaban J connectivity index is 1.48. The number of rotatable bonds is 4. The lowest BCUT2D eigenvalue weighted by atomic mass is 9.44. The Morgan fingerprint density at radius 3 is 2.44 bits per heavy atom. The summed E-state index contributed by atoms with van der Waals surface area (Å²) in [5.74, 6) is 2.79. The van der Waals surface area contributed by atoms with E-state index >= 15 is 0 Å². The normalized spacial score (nSPS) is 49.6. The van der Waals surface area contributed by atoms with Crippen molar-refractivity contribution in [1.29, 1.82) is 0 Å². The average molecular weight is 443 g/mol. The van der Waals surface area contributed by atoms with Gasteiger partial charge in [0, 0.05) is 11.8 Å². The van der Waals surface area contributed by atoms with Crippen LogP contribution in [0.5, 0.6) is 0 Å². The molecule has 4 aliphatic carbocycles. The Morgan fingerprint density at radius 2 is 1.72 bits per heavy atom. The van der Waals surface area contributed by atoms with Crippen molar-refractivity contribution in [3.8, 4) is 0 Å². The van der Waals surface area contributed by atoms with Gasteiger partial charge in [-0.3, -0.25) is 4.79 Å². The fourth-order valence-electron chi connectivity index (χ4n) is 8.35. The van der Waals surface area contributed by atoms with Crippen LogP contribution < -0.4 is 0 Å². The third-order valence-electron chi connectivity index (χ3n) is 11.0. The molecule has 1 heterocycles. The number of hydrogen-bond donors (Lipinski definition) is 1. The van der Waals surface area contributed by atoms with Crippen molar-refractivity contribution in [3.63, 3.8) is 0 Å². The van der Waals surface area contributed by atoms with Crippen molar-refractivity contribution in [2.24, 2.45) is 40.4 Å². The van der Waals surface area contributed by atoms with Gasteiger partial charge in [0.05, 0.1) is 6.10 Å². The van der Waals surface area contributed by atoms with Crippen LogP contribution in [0.3, 0.4) is 0 Å². The zero-order valence-corrected chi connectivity index (χ0v) is 20.8. The van der Waals surface area contributed by atoms with Crippen molar-refractivity contribution in [3.05, 3.63) is 23.8 Å². The summed E-state index contributed by atoms with van der Waals surface area (Å²) in [6, 6.07) is 0. The third-order valence-corrected chi connectivity index (χ3v) is 11.0. The Labute approximate surface area is 193 Å². The number of fused-ring (bicyclic) bond motifs is 2. The summed E-state index contributed by atoms with van der Waals surface area (Å²) in [5.41, 5.74) is -0.525. The first-order chi connectivity index (χ1) is 15.0. The largest absolute Gasteiger partial charge is 0.393 e. The summed E-state index contributed by atoms with van der Waals surface area (Å²) < 4.78 is 0. The molecule has 5 aliphatic rings. The van der Waals surface area contributed by atoms with Gasteiger partial charge >= 0.3 is 0 Å². The van der Waals surface area contributed by atoms with Crippen LogP contribution in [0.4, 0.5) is 0 Å². The standard InChI is InChI=1S/C28H42O4/c1-17(2)18(3)7-8-19(4)21-9-10-22-23-15-24(30)28-16-20(29)11-12-26(28,6)27(23,31-32-28)14-13-25(21,22)5/h7-8,15,17-22,29H,9-14,16H2,1-6H3. The summed E-state index contributed by atoms with van der Waals surface area (Å²) in [5, 5.41) is 10.4. The van der Waals surface area contributed by atoms with Gasteiger partial charge in [0.2, 0.25) is 0 Å². The molecule has 0 aromatic carbocycles. The fraction of sp³-hybridized carbons (Fsp3) is 0.821. The molecule has 2 bridgehead atoms. The van der Waals surface area contributed by atoms with Crippen LogP contribution in [0.25, 0.3) is 0 Å². The summed E-state index contributed by atoms with van der Waals surface area (Å²) in [4.78, 5) is 25.8. The van der Waals surface area contributed by atoms with Gasteiger partial charge in [0.25, 0.3) is 0 Å². The van der Waals surface area contributed by atoms with Gasteiger partial charge in [-0.15, -0.1) is 0 Å². The van der Waals surface area contributed by atoms with Crippen LogP contribution in [0.1, 0.15) is 86.5 Å². The van der Waals surface area contributed by atoms with E-state index in [1.807, 2.05) is 6.08 Å². The van der Waals surface area contributed by atoms with E-state index in [-0.39, 0.29) is 11.2 Å². The fourth-order valence-corrected chi connectivity index (χ4v) is 8.35. The summed E-state index contributed by atoms with van der Waals surface area (Å²) in [6.07, 6.45) is 12.4. The lowest BCUT2D eigenvalue weighted by Gasteiger charge is -2.58. The van der Waals surface area contributed by atoms with E-state index in [0.717, 1.165) is 25.7 Å². The van der Waals surface area contributed by atoms with Crippen LogP contribution in [0, 0.1) is 40.4 Å². The van der Waals surface area contributed by atoms with Gasteiger partial charge < -0.3 is 5.11 Å². The lowest BCUT2D eigenvalue weighted by molar-refractivity contribution is -0.340. The van der Waals surface area contributed by atoms with E-state index in [2.05, 4.69) is 53.7 Å². The average Bonchev–Trinajstić information content (AvgIpc) is 3.18. The van der Waals surface area contributed by atoms with Crippen molar-refractivity contribution < 1.29 is 19.7 Å². The zero-order chi connectivity index (χ0) is 23.1. The van der Waals surface area contributed by atoms with Crippen LogP contribution in [0.15, 0.2) is 23.8 Å². The second kappa shape index (κ2) is 7.26. The smallest absolute Gasteiger partial charge is 0.191 e. The molecule has 32 heavy (non-hydrogen) atoms. The quantitative estimate of drug-likeness (QED) is 0.442. The van der Waals surface area contributed by atoms with Crippen LogP contribution >= 0.6 is 0 Å². The maximum Gasteiger partial charge on any atom is 0.191 e. The molecule has 0 aromatic heterocycles. The molecule has 178 valence electrons. The Kier molecular flexibility index (Phi) is 5.18. The first-order valence-electron chi connectivity index (χ1n) is 13.0. The van der Waals surface area contributed by atoms with Gasteiger partial charge in [-0.05, 0) is 85.2 Å².